The fourth-order valence-electron chi connectivity index (χ4n) is 1.77. The standard InChI is InChI=1S/C15H12Br2ClNO2/c1-9(20)21-15-10(6-12(18)7-14(15)17)8-19-13-4-2-11(16)3-5-13/h2-7,19H,8H2,1H3. The van der Waals surface area contributed by atoms with Crippen LogP contribution in [0, 0.1) is 0 Å². The van der Waals surface area contributed by atoms with Gasteiger partial charge in [-0.05, 0) is 52.3 Å². The third-order valence-corrected chi connectivity index (χ3v) is 3.99. The monoisotopic (exact) mass is 431 g/mol. The van der Waals surface area contributed by atoms with Gasteiger partial charge >= 0.3 is 5.97 Å². The number of anilines is 1. The first-order valence-electron chi connectivity index (χ1n) is 6.11. The van der Waals surface area contributed by atoms with Crippen molar-refractivity contribution in [1.29, 1.82) is 0 Å². The van der Waals surface area contributed by atoms with Crippen LogP contribution in [0.25, 0.3) is 0 Å². The van der Waals surface area contributed by atoms with Crippen LogP contribution in [-0.4, -0.2) is 5.97 Å². The third-order valence-electron chi connectivity index (χ3n) is 2.66. The van der Waals surface area contributed by atoms with Crippen molar-refractivity contribution in [3.8, 4) is 5.75 Å². The molecule has 0 amide bonds. The number of hydrogen-bond acceptors (Lipinski definition) is 3. The van der Waals surface area contributed by atoms with Crippen LogP contribution in [0.15, 0.2) is 45.3 Å². The van der Waals surface area contributed by atoms with E-state index in [1.165, 1.54) is 6.92 Å². The highest BCUT2D eigenvalue weighted by atomic mass is 79.9. The van der Waals surface area contributed by atoms with Gasteiger partial charge in [-0.25, -0.2) is 0 Å². The second-order valence-corrected chi connectivity index (χ2v) is 6.54. The number of rotatable bonds is 4. The smallest absolute Gasteiger partial charge is 0.308 e. The number of ether oxygens (including phenoxy) is 1. The number of carbonyl (C=O) groups is 1. The van der Waals surface area contributed by atoms with E-state index < -0.39 is 0 Å². The van der Waals surface area contributed by atoms with Crippen LogP contribution in [0.5, 0.6) is 5.75 Å². The molecule has 1 N–H and O–H groups in total. The van der Waals surface area contributed by atoms with Gasteiger partial charge in [-0.1, -0.05) is 27.5 Å². The largest absolute Gasteiger partial charge is 0.425 e. The summed E-state index contributed by atoms with van der Waals surface area (Å²) in [6.45, 7) is 1.86. The van der Waals surface area contributed by atoms with Gasteiger partial charge in [-0.2, -0.15) is 0 Å². The van der Waals surface area contributed by atoms with Gasteiger partial charge in [0.2, 0.25) is 0 Å². The molecule has 0 saturated heterocycles. The highest BCUT2D eigenvalue weighted by Crippen LogP contribution is 2.33. The Balaban J connectivity index is 2.21. The fraction of sp³-hybridized carbons (Fsp3) is 0.133. The molecule has 0 aliphatic heterocycles. The highest BCUT2D eigenvalue weighted by molar-refractivity contribution is 9.10. The molecule has 0 aromatic heterocycles. The molecule has 0 atom stereocenters. The first-order chi connectivity index (χ1) is 9.95. The Morgan fingerprint density at radius 2 is 1.90 bits per heavy atom. The summed E-state index contributed by atoms with van der Waals surface area (Å²) >= 11 is 12.8. The predicted octanol–water partition coefficient (Wildman–Crippen LogP) is 5.40. The number of benzene rings is 2. The van der Waals surface area contributed by atoms with Gasteiger partial charge in [0.15, 0.2) is 0 Å². The highest BCUT2D eigenvalue weighted by Gasteiger charge is 2.12. The van der Waals surface area contributed by atoms with Gasteiger partial charge in [0.05, 0.1) is 4.47 Å². The van der Waals surface area contributed by atoms with Gasteiger partial charge in [0.1, 0.15) is 5.75 Å². The minimum Gasteiger partial charge on any atom is -0.425 e. The molecule has 3 nitrogen and oxygen atoms in total. The van der Waals surface area contributed by atoms with Crippen LogP contribution < -0.4 is 10.1 Å². The molecule has 0 fully saturated rings. The minimum atomic E-state index is -0.372. The first-order valence-corrected chi connectivity index (χ1v) is 8.08. The van der Waals surface area contributed by atoms with Gasteiger partial charge in [-0.3, -0.25) is 4.79 Å². The molecule has 110 valence electrons. The maximum Gasteiger partial charge on any atom is 0.308 e. The van der Waals surface area contributed by atoms with Crippen molar-refractivity contribution in [3.05, 3.63) is 55.9 Å². The molecule has 0 saturated carbocycles. The van der Waals surface area contributed by atoms with E-state index in [1.807, 2.05) is 24.3 Å². The summed E-state index contributed by atoms with van der Waals surface area (Å²) in [6.07, 6.45) is 0. The summed E-state index contributed by atoms with van der Waals surface area (Å²) in [6, 6.07) is 11.3. The van der Waals surface area contributed by atoms with E-state index in [-0.39, 0.29) is 5.97 Å². The summed E-state index contributed by atoms with van der Waals surface area (Å²) in [5, 5.41) is 3.84. The summed E-state index contributed by atoms with van der Waals surface area (Å²) in [4.78, 5) is 11.2. The van der Waals surface area contributed by atoms with E-state index in [1.54, 1.807) is 12.1 Å². The Bertz CT molecular complexity index is 659. The van der Waals surface area contributed by atoms with Crippen LogP contribution in [0.4, 0.5) is 5.69 Å². The number of halogens is 3. The van der Waals surface area contributed by atoms with Gasteiger partial charge in [-0.15, -0.1) is 0 Å². The molecule has 0 unspecified atom stereocenters. The third kappa shape index (κ3) is 4.73. The molecule has 0 spiro atoms. The van der Waals surface area contributed by atoms with Crippen molar-refractivity contribution >= 4 is 55.1 Å². The Kier molecular flexibility index (Phi) is 5.67. The second kappa shape index (κ2) is 7.29. The summed E-state index contributed by atoms with van der Waals surface area (Å²) < 4.78 is 6.91. The average molecular weight is 434 g/mol. The molecule has 0 aliphatic rings. The topological polar surface area (TPSA) is 38.3 Å². The maximum atomic E-state index is 11.2. The molecular formula is C15H12Br2ClNO2. The van der Waals surface area contributed by atoms with Crippen molar-refractivity contribution < 1.29 is 9.53 Å². The van der Waals surface area contributed by atoms with E-state index in [2.05, 4.69) is 37.2 Å². The quantitative estimate of drug-likeness (QED) is 0.518. The summed E-state index contributed by atoms with van der Waals surface area (Å²) in [5.74, 6) is 0.111. The molecule has 0 aliphatic carbocycles. The van der Waals surface area contributed by atoms with E-state index >= 15 is 0 Å². The van der Waals surface area contributed by atoms with Crippen molar-refractivity contribution in [2.45, 2.75) is 13.5 Å². The van der Waals surface area contributed by atoms with Crippen molar-refractivity contribution in [2.24, 2.45) is 0 Å². The SMILES string of the molecule is CC(=O)Oc1c(Br)cc(Cl)cc1CNc1ccc(Br)cc1. The maximum absolute atomic E-state index is 11.2. The van der Waals surface area contributed by atoms with Crippen molar-refractivity contribution in [1.82, 2.24) is 0 Å². The van der Waals surface area contributed by atoms with E-state index in [9.17, 15) is 4.79 Å². The molecule has 6 heteroatoms. The molecule has 2 rings (SSSR count). The lowest BCUT2D eigenvalue weighted by Crippen LogP contribution is -2.07. The molecule has 0 radical (unpaired) electrons. The second-order valence-electron chi connectivity index (χ2n) is 4.33. The zero-order valence-electron chi connectivity index (χ0n) is 11.1. The Labute approximate surface area is 144 Å². The van der Waals surface area contributed by atoms with Crippen LogP contribution in [0.2, 0.25) is 5.02 Å². The van der Waals surface area contributed by atoms with Gasteiger partial charge in [0.25, 0.3) is 0 Å². The number of carbonyl (C=O) groups excluding carboxylic acids is 1. The number of hydrogen-bond donors (Lipinski definition) is 1. The molecule has 2 aromatic rings. The van der Waals surface area contributed by atoms with Crippen LogP contribution in [0.3, 0.4) is 0 Å². The molecular weight excluding hydrogens is 421 g/mol. The lowest BCUT2D eigenvalue weighted by molar-refractivity contribution is -0.131. The number of esters is 1. The van der Waals surface area contributed by atoms with Crippen LogP contribution in [-0.2, 0) is 11.3 Å². The summed E-state index contributed by atoms with van der Waals surface area (Å²) in [5.41, 5.74) is 1.76. The normalized spacial score (nSPS) is 10.3. The average Bonchev–Trinajstić information content (AvgIpc) is 2.41. The first kappa shape index (κ1) is 16.3. The lowest BCUT2D eigenvalue weighted by Gasteiger charge is -2.13. The van der Waals surface area contributed by atoms with E-state index in [4.69, 9.17) is 16.3 Å². The zero-order chi connectivity index (χ0) is 15.4. The Morgan fingerprint density at radius 1 is 1.24 bits per heavy atom. The van der Waals surface area contributed by atoms with Gasteiger partial charge in [0, 0.05) is 34.2 Å². The Hall–Kier alpha value is -1.04. The lowest BCUT2D eigenvalue weighted by atomic mass is 10.2. The molecule has 21 heavy (non-hydrogen) atoms. The van der Waals surface area contributed by atoms with E-state index in [0.717, 1.165) is 15.7 Å². The van der Waals surface area contributed by atoms with Gasteiger partial charge < -0.3 is 10.1 Å². The Morgan fingerprint density at radius 3 is 2.52 bits per heavy atom. The predicted molar refractivity (Wildman–Crippen MR) is 91.9 cm³/mol. The number of nitrogens with one attached hydrogen (secondary N) is 1. The molecule has 2 aromatic carbocycles. The van der Waals surface area contributed by atoms with Crippen LogP contribution in [0.1, 0.15) is 12.5 Å². The van der Waals surface area contributed by atoms with Crippen molar-refractivity contribution in [2.75, 3.05) is 5.32 Å². The van der Waals surface area contributed by atoms with Crippen molar-refractivity contribution in [3.63, 3.8) is 0 Å². The van der Waals surface area contributed by atoms with E-state index in [0.29, 0.717) is 21.8 Å². The van der Waals surface area contributed by atoms with Crippen LogP contribution >= 0.6 is 43.5 Å². The minimum absolute atomic E-state index is 0.372. The molecule has 0 heterocycles. The fourth-order valence-corrected chi connectivity index (χ4v) is 2.99. The summed E-state index contributed by atoms with van der Waals surface area (Å²) in [7, 11) is 0. The molecule has 0 bridgehead atoms. The zero-order valence-corrected chi connectivity index (χ0v) is 15.0.